The summed E-state index contributed by atoms with van der Waals surface area (Å²) in [6, 6.07) is 0. The Kier molecular flexibility index (Phi) is 2.94. The largest absolute Gasteiger partial charge is 0.523 e. The second-order valence-corrected chi connectivity index (χ2v) is 8.18. The summed E-state index contributed by atoms with van der Waals surface area (Å²) in [6.45, 7) is 2.17. The van der Waals surface area contributed by atoms with E-state index in [0.717, 1.165) is 0 Å². The van der Waals surface area contributed by atoms with Crippen molar-refractivity contribution in [2.24, 2.45) is 11.3 Å². The van der Waals surface area contributed by atoms with Crippen LogP contribution in [0.15, 0.2) is 0 Å². The van der Waals surface area contributed by atoms with Gasteiger partial charge in [-0.2, -0.15) is 21.6 Å². The molecular weight excluding hydrogens is 365 g/mol. The zero-order chi connectivity index (χ0) is 15.0. The summed E-state index contributed by atoms with van der Waals surface area (Å²) in [5.74, 6) is 0.104. The van der Waals surface area contributed by atoms with Gasteiger partial charge in [-0.1, -0.05) is 22.9 Å². The molecule has 0 amide bonds. The minimum absolute atomic E-state index is 0.104. The SMILES string of the molecule is C[C@@]1(CBr)[C@@H]2CC[C@@](OS(=O)(=O)C(F)(F)F)(C2)[C@@]12CO2. The first kappa shape index (κ1) is 15.1. The number of hydrogen-bond acceptors (Lipinski definition) is 4. The van der Waals surface area contributed by atoms with E-state index in [0.29, 0.717) is 18.2 Å². The van der Waals surface area contributed by atoms with E-state index in [1.54, 1.807) is 0 Å². The van der Waals surface area contributed by atoms with Crippen LogP contribution in [0.2, 0.25) is 0 Å². The van der Waals surface area contributed by atoms with Crippen molar-refractivity contribution in [2.45, 2.75) is 42.9 Å². The molecule has 4 nitrogen and oxygen atoms in total. The Morgan fingerprint density at radius 2 is 2.05 bits per heavy atom. The molecule has 0 aromatic rings. The second-order valence-electron chi connectivity index (χ2n) is 6.08. The van der Waals surface area contributed by atoms with Gasteiger partial charge in [-0.25, -0.2) is 0 Å². The number of epoxide rings is 1. The number of rotatable bonds is 3. The highest BCUT2D eigenvalue weighted by molar-refractivity contribution is 9.09. The molecule has 1 aliphatic heterocycles. The van der Waals surface area contributed by atoms with Gasteiger partial charge in [0.15, 0.2) is 0 Å². The topological polar surface area (TPSA) is 55.9 Å². The molecule has 2 aliphatic carbocycles. The summed E-state index contributed by atoms with van der Waals surface area (Å²) in [7, 11) is -5.61. The maximum Gasteiger partial charge on any atom is 0.523 e. The third kappa shape index (κ3) is 1.58. The lowest BCUT2D eigenvalue weighted by atomic mass is 9.67. The van der Waals surface area contributed by atoms with Crippen LogP contribution in [0.4, 0.5) is 13.2 Å². The fourth-order valence-electron chi connectivity index (χ4n) is 4.05. The van der Waals surface area contributed by atoms with Crippen molar-refractivity contribution < 1.29 is 30.5 Å². The van der Waals surface area contributed by atoms with Gasteiger partial charge in [-0.3, -0.25) is 4.18 Å². The molecule has 1 saturated heterocycles. The van der Waals surface area contributed by atoms with Crippen molar-refractivity contribution in [2.75, 3.05) is 11.9 Å². The fraction of sp³-hybridized carbons (Fsp3) is 1.00. The zero-order valence-electron chi connectivity index (χ0n) is 10.7. The third-order valence-corrected chi connectivity index (χ3v) is 7.57. The van der Waals surface area contributed by atoms with Crippen LogP contribution in [0.5, 0.6) is 0 Å². The van der Waals surface area contributed by atoms with E-state index < -0.39 is 32.2 Å². The molecule has 1 spiro atoms. The molecule has 1 heterocycles. The predicted molar refractivity (Wildman–Crippen MR) is 66.7 cm³/mol. The van der Waals surface area contributed by atoms with E-state index in [1.807, 2.05) is 6.92 Å². The Morgan fingerprint density at radius 1 is 1.45 bits per heavy atom. The first-order valence-electron chi connectivity index (χ1n) is 6.25. The lowest BCUT2D eigenvalue weighted by molar-refractivity contribution is -0.0832. The van der Waals surface area contributed by atoms with Gasteiger partial charge >= 0.3 is 15.6 Å². The zero-order valence-corrected chi connectivity index (χ0v) is 13.1. The Hall–Kier alpha value is 0.140. The van der Waals surface area contributed by atoms with Gasteiger partial charge in [0.2, 0.25) is 0 Å². The van der Waals surface area contributed by atoms with Crippen molar-refractivity contribution in [3.8, 4) is 0 Å². The number of halogens is 4. The van der Waals surface area contributed by atoms with Crippen molar-refractivity contribution in [1.29, 1.82) is 0 Å². The minimum Gasteiger partial charge on any atom is -0.366 e. The Bertz CT molecular complexity index is 544. The molecule has 0 unspecified atom stereocenters. The number of fused-ring (bicyclic) bond motifs is 3. The predicted octanol–water partition coefficient (Wildman–Crippen LogP) is 2.58. The molecule has 116 valence electrons. The van der Waals surface area contributed by atoms with E-state index in [-0.39, 0.29) is 18.9 Å². The average Bonchev–Trinajstić information content (AvgIpc) is 2.99. The second kappa shape index (κ2) is 3.91. The van der Waals surface area contributed by atoms with E-state index in [1.165, 1.54) is 0 Å². The van der Waals surface area contributed by atoms with E-state index >= 15 is 0 Å². The Balaban J connectivity index is 1.99. The lowest BCUT2D eigenvalue weighted by Gasteiger charge is -2.42. The number of alkyl halides is 4. The number of hydrogen-bond donors (Lipinski definition) is 0. The first-order valence-corrected chi connectivity index (χ1v) is 8.78. The molecule has 0 N–H and O–H groups in total. The van der Waals surface area contributed by atoms with Gasteiger partial charge in [0, 0.05) is 10.7 Å². The van der Waals surface area contributed by atoms with Crippen molar-refractivity contribution in [1.82, 2.24) is 0 Å². The van der Waals surface area contributed by atoms with Crippen LogP contribution < -0.4 is 0 Å². The van der Waals surface area contributed by atoms with Gasteiger partial charge in [-0.05, 0) is 25.2 Å². The first-order chi connectivity index (χ1) is 9.04. The molecular formula is C11H14BrF3O4S. The summed E-state index contributed by atoms with van der Waals surface area (Å²) >= 11 is 3.39. The van der Waals surface area contributed by atoms with Crippen LogP contribution in [0, 0.1) is 11.3 Å². The summed E-state index contributed by atoms with van der Waals surface area (Å²) in [6.07, 6.45) is 1.24. The monoisotopic (exact) mass is 378 g/mol. The van der Waals surface area contributed by atoms with Crippen LogP contribution in [0.1, 0.15) is 26.2 Å². The highest BCUT2D eigenvalue weighted by Gasteiger charge is 2.81. The maximum atomic E-state index is 12.6. The van der Waals surface area contributed by atoms with Crippen LogP contribution in [-0.2, 0) is 19.0 Å². The normalized spacial score (nSPS) is 47.1. The summed E-state index contributed by atoms with van der Waals surface area (Å²) in [5.41, 5.74) is -8.07. The summed E-state index contributed by atoms with van der Waals surface area (Å²) < 4.78 is 70.7. The van der Waals surface area contributed by atoms with Crippen molar-refractivity contribution >= 4 is 26.0 Å². The molecule has 0 aromatic heterocycles. The molecule has 20 heavy (non-hydrogen) atoms. The summed E-state index contributed by atoms with van der Waals surface area (Å²) in [4.78, 5) is 0. The molecule has 4 atom stereocenters. The number of ether oxygens (including phenoxy) is 1. The molecule has 2 bridgehead atoms. The molecule has 3 rings (SSSR count). The molecule has 0 radical (unpaired) electrons. The Morgan fingerprint density at radius 3 is 2.50 bits per heavy atom. The Labute approximate surface area is 123 Å². The smallest absolute Gasteiger partial charge is 0.366 e. The molecule has 2 saturated carbocycles. The van der Waals surface area contributed by atoms with E-state index in [9.17, 15) is 21.6 Å². The quantitative estimate of drug-likeness (QED) is 0.327. The summed E-state index contributed by atoms with van der Waals surface area (Å²) in [5, 5.41) is 0.543. The van der Waals surface area contributed by atoms with Crippen molar-refractivity contribution in [3.05, 3.63) is 0 Å². The van der Waals surface area contributed by atoms with Crippen LogP contribution in [0.25, 0.3) is 0 Å². The lowest BCUT2D eigenvalue weighted by Crippen LogP contribution is -2.55. The highest BCUT2D eigenvalue weighted by Crippen LogP contribution is 2.72. The third-order valence-electron chi connectivity index (χ3n) is 5.30. The van der Waals surface area contributed by atoms with Gasteiger partial charge in [0.1, 0.15) is 11.2 Å². The van der Waals surface area contributed by atoms with Gasteiger partial charge in [0.25, 0.3) is 0 Å². The van der Waals surface area contributed by atoms with Crippen LogP contribution >= 0.6 is 15.9 Å². The van der Waals surface area contributed by atoms with Crippen LogP contribution in [-0.4, -0.2) is 37.1 Å². The van der Waals surface area contributed by atoms with E-state index in [2.05, 4.69) is 15.9 Å². The molecule has 0 aromatic carbocycles. The van der Waals surface area contributed by atoms with Crippen molar-refractivity contribution in [3.63, 3.8) is 0 Å². The molecule has 9 heteroatoms. The highest BCUT2D eigenvalue weighted by atomic mass is 79.9. The van der Waals surface area contributed by atoms with Gasteiger partial charge < -0.3 is 4.74 Å². The average molecular weight is 379 g/mol. The molecule has 3 fully saturated rings. The standard InChI is InChI=1S/C11H14BrF3O4S/c1-8(5-12)7-2-3-9(4-7,10(8)6-18-10)19-20(16,17)11(13,14)15/h7H,2-6H2,1H3/t7-,8-,9-,10-/m1/s1. The minimum atomic E-state index is -5.61. The maximum absolute atomic E-state index is 12.6. The van der Waals surface area contributed by atoms with E-state index in [4.69, 9.17) is 8.92 Å². The fourth-order valence-corrected chi connectivity index (χ4v) is 5.76. The van der Waals surface area contributed by atoms with Crippen LogP contribution in [0.3, 0.4) is 0 Å². The van der Waals surface area contributed by atoms with Gasteiger partial charge in [-0.15, -0.1) is 0 Å². The molecule has 3 aliphatic rings. The van der Waals surface area contributed by atoms with Gasteiger partial charge in [0.05, 0.1) is 6.61 Å².